The summed E-state index contributed by atoms with van der Waals surface area (Å²) in [5, 5.41) is 4.32. The molecule has 0 N–H and O–H groups in total. The van der Waals surface area contributed by atoms with Crippen LogP contribution in [-0.2, 0) is 6.54 Å². The Balaban J connectivity index is 1.37. The van der Waals surface area contributed by atoms with Crippen LogP contribution in [0.15, 0.2) is 36.7 Å². The maximum absolute atomic E-state index is 12.8. The highest BCUT2D eigenvalue weighted by Gasteiger charge is 2.28. The number of nitrogens with zero attached hydrogens (tertiary/aromatic N) is 4. The minimum atomic E-state index is 0.167. The van der Waals surface area contributed by atoms with Gasteiger partial charge in [-0.05, 0) is 63.4 Å². The molecule has 1 amide bonds. The van der Waals surface area contributed by atoms with Gasteiger partial charge < -0.3 is 9.80 Å². The molecule has 0 bridgehead atoms. The lowest BCUT2D eigenvalue weighted by atomic mass is 10.0. The molecule has 0 unspecified atom stereocenters. The van der Waals surface area contributed by atoms with E-state index in [4.69, 9.17) is 0 Å². The maximum atomic E-state index is 12.8. The molecule has 138 valence electrons. The Hall–Kier alpha value is -2.14. The lowest BCUT2D eigenvalue weighted by molar-refractivity contribution is 0.0644. The Kier molecular flexibility index (Phi) is 5.07. The second-order valence-electron chi connectivity index (χ2n) is 7.43. The maximum Gasteiger partial charge on any atom is 0.253 e. The predicted molar refractivity (Wildman–Crippen MR) is 103 cm³/mol. The SMILES string of the molecule is CCn1cc(-c2ccc(C(=O)N3CCC(N4CCCC4)CC3)cc2)cn1. The number of rotatable bonds is 4. The van der Waals surface area contributed by atoms with Crippen molar-refractivity contribution in [2.24, 2.45) is 0 Å². The molecule has 2 aliphatic heterocycles. The average molecular weight is 352 g/mol. The highest BCUT2D eigenvalue weighted by Crippen LogP contribution is 2.23. The number of benzene rings is 1. The van der Waals surface area contributed by atoms with Crippen LogP contribution in [0.2, 0.25) is 0 Å². The minimum absolute atomic E-state index is 0.167. The van der Waals surface area contributed by atoms with Gasteiger partial charge in [-0.25, -0.2) is 0 Å². The number of carbonyl (C=O) groups is 1. The van der Waals surface area contributed by atoms with Crippen LogP contribution < -0.4 is 0 Å². The van der Waals surface area contributed by atoms with Crippen molar-refractivity contribution in [3.8, 4) is 11.1 Å². The zero-order valence-electron chi connectivity index (χ0n) is 15.6. The number of hydrogen-bond acceptors (Lipinski definition) is 3. The van der Waals surface area contributed by atoms with Gasteiger partial charge in [-0.1, -0.05) is 12.1 Å². The van der Waals surface area contributed by atoms with Gasteiger partial charge in [0.25, 0.3) is 5.91 Å². The zero-order valence-corrected chi connectivity index (χ0v) is 15.6. The highest BCUT2D eigenvalue weighted by molar-refractivity contribution is 5.94. The van der Waals surface area contributed by atoms with Crippen molar-refractivity contribution in [1.82, 2.24) is 19.6 Å². The smallest absolute Gasteiger partial charge is 0.253 e. The van der Waals surface area contributed by atoms with Gasteiger partial charge in [0.05, 0.1) is 6.20 Å². The lowest BCUT2D eigenvalue weighted by Crippen LogP contribution is -2.45. The first-order valence-corrected chi connectivity index (χ1v) is 9.91. The summed E-state index contributed by atoms with van der Waals surface area (Å²) in [6.07, 6.45) is 8.81. The van der Waals surface area contributed by atoms with Crippen LogP contribution in [0.3, 0.4) is 0 Å². The van der Waals surface area contributed by atoms with Crippen molar-refractivity contribution in [2.75, 3.05) is 26.2 Å². The number of aromatic nitrogens is 2. The summed E-state index contributed by atoms with van der Waals surface area (Å²) < 4.78 is 1.92. The quantitative estimate of drug-likeness (QED) is 0.848. The molecule has 0 radical (unpaired) electrons. The molecule has 2 aliphatic rings. The van der Waals surface area contributed by atoms with Gasteiger partial charge in [-0.2, -0.15) is 5.10 Å². The molecule has 2 aromatic rings. The number of aryl methyl sites for hydroxylation is 1. The first-order valence-electron chi connectivity index (χ1n) is 9.91. The van der Waals surface area contributed by atoms with Crippen molar-refractivity contribution in [3.63, 3.8) is 0 Å². The normalized spacial score (nSPS) is 19.2. The Morgan fingerprint density at radius 2 is 1.73 bits per heavy atom. The standard InChI is InChI=1S/C21H28N4O/c1-2-25-16-19(15-22-25)17-5-7-18(8-6-17)21(26)24-13-9-20(10-14-24)23-11-3-4-12-23/h5-8,15-16,20H,2-4,9-14H2,1H3. The third kappa shape index (κ3) is 3.54. The molecule has 4 rings (SSSR count). The van der Waals surface area contributed by atoms with Crippen LogP contribution in [0.5, 0.6) is 0 Å². The molecule has 1 aromatic heterocycles. The van der Waals surface area contributed by atoms with Crippen LogP contribution in [0.4, 0.5) is 0 Å². The van der Waals surface area contributed by atoms with Crippen molar-refractivity contribution in [3.05, 3.63) is 42.2 Å². The van der Waals surface area contributed by atoms with Gasteiger partial charge in [0.15, 0.2) is 0 Å². The van der Waals surface area contributed by atoms with Crippen LogP contribution in [-0.4, -0.2) is 57.7 Å². The summed E-state index contributed by atoms with van der Waals surface area (Å²) in [4.78, 5) is 17.5. The van der Waals surface area contributed by atoms with Gasteiger partial charge in [0.1, 0.15) is 0 Å². The molecular weight excluding hydrogens is 324 g/mol. The van der Waals surface area contributed by atoms with Crippen molar-refractivity contribution in [2.45, 2.75) is 45.2 Å². The lowest BCUT2D eigenvalue weighted by Gasteiger charge is -2.36. The molecule has 0 aliphatic carbocycles. The fourth-order valence-electron chi connectivity index (χ4n) is 4.21. The van der Waals surface area contributed by atoms with E-state index in [2.05, 4.69) is 16.9 Å². The third-order valence-electron chi connectivity index (χ3n) is 5.83. The van der Waals surface area contributed by atoms with Crippen LogP contribution in [0.25, 0.3) is 11.1 Å². The zero-order chi connectivity index (χ0) is 17.9. The molecule has 0 saturated carbocycles. The second kappa shape index (κ2) is 7.62. The van der Waals surface area contributed by atoms with E-state index >= 15 is 0 Å². The predicted octanol–water partition coefficient (Wildman–Crippen LogP) is 3.27. The van der Waals surface area contributed by atoms with E-state index in [1.807, 2.05) is 46.2 Å². The van der Waals surface area contributed by atoms with Crippen molar-refractivity contribution < 1.29 is 4.79 Å². The summed E-state index contributed by atoms with van der Waals surface area (Å²) in [7, 11) is 0. The Morgan fingerprint density at radius 1 is 1.04 bits per heavy atom. The van der Waals surface area contributed by atoms with Gasteiger partial charge in [0, 0.05) is 43.0 Å². The Labute approximate surface area is 155 Å². The summed E-state index contributed by atoms with van der Waals surface area (Å²) in [6, 6.07) is 8.64. The van der Waals surface area contributed by atoms with Gasteiger partial charge in [-0.3, -0.25) is 9.48 Å². The van der Waals surface area contributed by atoms with Crippen LogP contribution in [0, 0.1) is 0 Å². The van der Waals surface area contributed by atoms with E-state index in [0.717, 1.165) is 49.2 Å². The number of hydrogen-bond donors (Lipinski definition) is 0. The first kappa shape index (κ1) is 17.3. The molecule has 0 spiro atoms. The molecule has 0 atom stereocenters. The fraction of sp³-hybridized carbons (Fsp3) is 0.524. The monoisotopic (exact) mass is 352 g/mol. The van der Waals surface area contributed by atoms with E-state index < -0.39 is 0 Å². The second-order valence-corrected chi connectivity index (χ2v) is 7.43. The van der Waals surface area contributed by atoms with Crippen molar-refractivity contribution >= 4 is 5.91 Å². The number of likely N-dealkylation sites (tertiary alicyclic amines) is 2. The molecular formula is C21H28N4O. The number of carbonyl (C=O) groups excluding carboxylic acids is 1. The van der Waals surface area contributed by atoms with E-state index in [1.54, 1.807) is 0 Å². The van der Waals surface area contributed by atoms with E-state index in [1.165, 1.54) is 25.9 Å². The van der Waals surface area contributed by atoms with Crippen molar-refractivity contribution in [1.29, 1.82) is 0 Å². The molecule has 2 saturated heterocycles. The summed E-state index contributed by atoms with van der Waals surface area (Å²) in [5.74, 6) is 0.167. The molecule has 5 nitrogen and oxygen atoms in total. The van der Waals surface area contributed by atoms with Gasteiger partial charge >= 0.3 is 0 Å². The first-order chi connectivity index (χ1) is 12.7. The van der Waals surface area contributed by atoms with E-state index in [0.29, 0.717) is 6.04 Å². The summed E-state index contributed by atoms with van der Waals surface area (Å²) in [6.45, 7) is 7.19. The van der Waals surface area contributed by atoms with E-state index in [-0.39, 0.29) is 5.91 Å². The molecule has 1 aromatic carbocycles. The fourth-order valence-corrected chi connectivity index (χ4v) is 4.21. The van der Waals surface area contributed by atoms with Gasteiger partial charge in [0.2, 0.25) is 0 Å². The summed E-state index contributed by atoms with van der Waals surface area (Å²) >= 11 is 0. The van der Waals surface area contributed by atoms with Crippen LogP contribution >= 0.6 is 0 Å². The topological polar surface area (TPSA) is 41.4 Å². The third-order valence-corrected chi connectivity index (χ3v) is 5.83. The largest absolute Gasteiger partial charge is 0.339 e. The Bertz CT molecular complexity index is 738. The minimum Gasteiger partial charge on any atom is -0.339 e. The van der Waals surface area contributed by atoms with E-state index in [9.17, 15) is 4.79 Å². The molecule has 26 heavy (non-hydrogen) atoms. The number of piperidine rings is 1. The molecule has 2 fully saturated rings. The summed E-state index contributed by atoms with van der Waals surface area (Å²) in [5.41, 5.74) is 2.99. The number of amides is 1. The average Bonchev–Trinajstić information content (AvgIpc) is 3.40. The van der Waals surface area contributed by atoms with Crippen LogP contribution in [0.1, 0.15) is 43.0 Å². The highest BCUT2D eigenvalue weighted by atomic mass is 16.2. The Morgan fingerprint density at radius 3 is 2.35 bits per heavy atom. The van der Waals surface area contributed by atoms with Gasteiger partial charge in [-0.15, -0.1) is 0 Å². The molecule has 3 heterocycles. The molecule has 5 heteroatoms.